The van der Waals surface area contributed by atoms with Crippen molar-refractivity contribution in [2.24, 2.45) is 5.73 Å². The second-order valence-electron chi connectivity index (χ2n) is 3.24. The van der Waals surface area contributed by atoms with E-state index in [0.717, 1.165) is 0 Å². The zero-order chi connectivity index (χ0) is 12.1. The lowest BCUT2D eigenvalue weighted by Crippen LogP contribution is -2.17. The Balaban J connectivity index is 3.30. The van der Waals surface area contributed by atoms with Crippen LogP contribution < -0.4 is 5.73 Å². The number of hydrogen-bond acceptors (Lipinski definition) is 3. The van der Waals surface area contributed by atoms with Crippen LogP contribution in [-0.4, -0.2) is 16.9 Å². The predicted octanol–water partition coefficient (Wildman–Crippen LogP) is 1.42. The minimum absolute atomic E-state index is 0.132. The predicted molar refractivity (Wildman–Crippen MR) is 60.5 cm³/mol. The molecule has 0 unspecified atom stereocenters. The molecule has 0 aliphatic carbocycles. The molecule has 1 rings (SSSR count). The van der Waals surface area contributed by atoms with Gasteiger partial charge in [0.25, 0.3) is 0 Å². The molecule has 3 N–H and O–H groups in total. The molecule has 0 spiro atoms. The highest BCUT2D eigenvalue weighted by molar-refractivity contribution is 6.22. The fourth-order valence-corrected chi connectivity index (χ4v) is 1.33. The molecule has 4 heteroatoms. The van der Waals surface area contributed by atoms with Crippen LogP contribution in [0.15, 0.2) is 36.0 Å². The zero-order valence-electron chi connectivity index (χ0n) is 8.93. The van der Waals surface area contributed by atoms with Crippen LogP contribution in [0, 0.1) is 0 Å². The molecule has 0 bridgehead atoms. The lowest BCUT2D eigenvalue weighted by molar-refractivity contribution is -0.130. The number of hydrogen-bond donors (Lipinski definition) is 2. The van der Waals surface area contributed by atoms with Crippen LogP contribution in [0.25, 0.3) is 5.57 Å². The molecular formula is C12H13NO3. The number of ketones is 1. The summed E-state index contributed by atoms with van der Waals surface area (Å²) in [5.41, 5.74) is 5.67. The van der Waals surface area contributed by atoms with Gasteiger partial charge in [0.2, 0.25) is 0 Å². The number of nitrogens with two attached hydrogens (primary N) is 1. The minimum Gasteiger partial charge on any atom is -0.478 e. The van der Waals surface area contributed by atoms with Crippen LogP contribution in [0.4, 0.5) is 0 Å². The number of carboxylic acids is 1. The minimum atomic E-state index is -1.19. The van der Waals surface area contributed by atoms with Crippen molar-refractivity contribution in [3.8, 4) is 0 Å². The summed E-state index contributed by atoms with van der Waals surface area (Å²) in [6.07, 6.45) is 0.190. The molecule has 84 valence electrons. The van der Waals surface area contributed by atoms with Crippen molar-refractivity contribution in [1.29, 1.82) is 0 Å². The summed E-state index contributed by atoms with van der Waals surface area (Å²) in [4.78, 5) is 22.5. The van der Waals surface area contributed by atoms with Crippen LogP contribution in [0.2, 0.25) is 0 Å². The van der Waals surface area contributed by atoms with Crippen LogP contribution in [0.1, 0.15) is 18.9 Å². The maximum atomic E-state index is 11.4. The Morgan fingerprint density at radius 3 is 2.25 bits per heavy atom. The molecule has 1 aromatic carbocycles. The highest BCUT2D eigenvalue weighted by Crippen LogP contribution is 2.17. The molecule has 0 fully saturated rings. The van der Waals surface area contributed by atoms with E-state index < -0.39 is 5.97 Å². The zero-order valence-corrected chi connectivity index (χ0v) is 8.93. The summed E-state index contributed by atoms with van der Waals surface area (Å²) in [5.74, 6) is -1.55. The number of benzene rings is 1. The van der Waals surface area contributed by atoms with Gasteiger partial charge in [-0.2, -0.15) is 0 Å². The first kappa shape index (κ1) is 12.0. The van der Waals surface area contributed by atoms with E-state index in [1.807, 2.05) is 0 Å². The number of carbonyl (C=O) groups is 2. The highest BCUT2D eigenvalue weighted by atomic mass is 16.4. The van der Waals surface area contributed by atoms with Gasteiger partial charge in [-0.25, -0.2) is 4.79 Å². The Kier molecular flexibility index (Phi) is 3.83. The fourth-order valence-electron chi connectivity index (χ4n) is 1.33. The third kappa shape index (κ3) is 2.48. The maximum absolute atomic E-state index is 11.4. The molecule has 0 atom stereocenters. The molecule has 0 aliphatic heterocycles. The second kappa shape index (κ2) is 5.11. The summed E-state index contributed by atoms with van der Waals surface area (Å²) in [6, 6.07) is 8.38. The van der Waals surface area contributed by atoms with E-state index >= 15 is 0 Å². The van der Waals surface area contributed by atoms with Gasteiger partial charge in [-0.3, -0.25) is 4.79 Å². The third-order valence-corrected chi connectivity index (χ3v) is 2.17. The summed E-state index contributed by atoms with van der Waals surface area (Å²) >= 11 is 0. The quantitative estimate of drug-likeness (QED) is 0.750. The van der Waals surface area contributed by atoms with Gasteiger partial charge in [0.15, 0.2) is 5.78 Å². The lowest BCUT2D eigenvalue weighted by Gasteiger charge is -2.06. The SMILES string of the molecule is CCC(=O)/C(N)=C(\C(=O)O)c1ccccc1. The molecule has 0 aromatic heterocycles. The van der Waals surface area contributed by atoms with E-state index in [1.54, 1.807) is 37.3 Å². The normalized spacial score (nSPS) is 11.8. The van der Waals surface area contributed by atoms with Crippen LogP contribution in [-0.2, 0) is 9.59 Å². The number of aliphatic carboxylic acids is 1. The first-order chi connectivity index (χ1) is 7.57. The molecule has 1 aromatic rings. The van der Waals surface area contributed by atoms with E-state index in [4.69, 9.17) is 10.8 Å². The summed E-state index contributed by atoms with van der Waals surface area (Å²) in [5, 5.41) is 9.05. The molecule has 0 saturated carbocycles. The molecule has 4 nitrogen and oxygen atoms in total. The number of allylic oxidation sites excluding steroid dienone is 1. The van der Waals surface area contributed by atoms with Crippen LogP contribution in [0.5, 0.6) is 0 Å². The summed E-state index contributed by atoms with van der Waals surface area (Å²) in [6.45, 7) is 1.64. The molecule has 0 amide bonds. The van der Waals surface area contributed by atoms with Gasteiger partial charge in [-0.05, 0) is 5.56 Å². The fraction of sp³-hybridized carbons (Fsp3) is 0.167. The molecule has 16 heavy (non-hydrogen) atoms. The molecule has 0 heterocycles. The maximum Gasteiger partial charge on any atom is 0.338 e. The van der Waals surface area contributed by atoms with Gasteiger partial charge >= 0.3 is 5.97 Å². The van der Waals surface area contributed by atoms with E-state index in [0.29, 0.717) is 5.56 Å². The Morgan fingerprint density at radius 2 is 1.81 bits per heavy atom. The van der Waals surface area contributed by atoms with E-state index in [2.05, 4.69) is 0 Å². The summed E-state index contributed by atoms with van der Waals surface area (Å²) < 4.78 is 0. The van der Waals surface area contributed by atoms with Crippen molar-refractivity contribution in [1.82, 2.24) is 0 Å². The van der Waals surface area contributed by atoms with E-state index in [9.17, 15) is 9.59 Å². The van der Waals surface area contributed by atoms with Gasteiger partial charge < -0.3 is 10.8 Å². The molecule has 0 radical (unpaired) electrons. The molecule has 0 aliphatic rings. The van der Waals surface area contributed by atoms with Crippen LogP contribution in [0.3, 0.4) is 0 Å². The van der Waals surface area contributed by atoms with Crippen molar-refractivity contribution >= 4 is 17.3 Å². The second-order valence-corrected chi connectivity index (χ2v) is 3.24. The van der Waals surface area contributed by atoms with Gasteiger partial charge in [0.05, 0.1) is 11.3 Å². The third-order valence-electron chi connectivity index (χ3n) is 2.17. The first-order valence-electron chi connectivity index (χ1n) is 4.89. The number of carboxylic acid groups (broad SMARTS) is 1. The van der Waals surface area contributed by atoms with Crippen molar-refractivity contribution in [2.75, 3.05) is 0 Å². The average molecular weight is 219 g/mol. The Hall–Kier alpha value is -2.10. The highest BCUT2D eigenvalue weighted by Gasteiger charge is 2.18. The number of carbonyl (C=O) groups excluding carboxylic acids is 1. The Morgan fingerprint density at radius 1 is 1.25 bits per heavy atom. The number of Topliss-reactive ketones (excluding diaryl/α,β-unsaturated/α-hetero) is 1. The standard InChI is InChI=1S/C12H13NO3/c1-2-9(14)11(13)10(12(15)16)8-6-4-3-5-7-8/h3-7H,2,13H2,1H3,(H,15,16)/b11-10+. The van der Waals surface area contributed by atoms with Crippen LogP contribution >= 0.6 is 0 Å². The van der Waals surface area contributed by atoms with Crippen molar-refractivity contribution in [2.45, 2.75) is 13.3 Å². The monoisotopic (exact) mass is 219 g/mol. The Bertz CT molecular complexity index is 435. The van der Waals surface area contributed by atoms with Crippen molar-refractivity contribution in [3.63, 3.8) is 0 Å². The lowest BCUT2D eigenvalue weighted by atomic mass is 10.0. The smallest absolute Gasteiger partial charge is 0.338 e. The van der Waals surface area contributed by atoms with E-state index in [-0.39, 0.29) is 23.5 Å². The van der Waals surface area contributed by atoms with Gasteiger partial charge in [-0.1, -0.05) is 37.3 Å². The largest absolute Gasteiger partial charge is 0.478 e. The first-order valence-corrected chi connectivity index (χ1v) is 4.89. The Labute approximate surface area is 93.4 Å². The molecule has 0 saturated heterocycles. The van der Waals surface area contributed by atoms with E-state index in [1.165, 1.54) is 0 Å². The van der Waals surface area contributed by atoms with Gasteiger partial charge in [0, 0.05) is 6.42 Å². The van der Waals surface area contributed by atoms with Crippen molar-refractivity contribution in [3.05, 3.63) is 41.6 Å². The van der Waals surface area contributed by atoms with Gasteiger partial charge in [-0.15, -0.1) is 0 Å². The van der Waals surface area contributed by atoms with Gasteiger partial charge in [0.1, 0.15) is 0 Å². The topological polar surface area (TPSA) is 80.4 Å². The number of rotatable bonds is 4. The molecular weight excluding hydrogens is 206 g/mol. The average Bonchev–Trinajstić information content (AvgIpc) is 2.29. The van der Waals surface area contributed by atoms with Crippen molar-refractivity contribution < 1.29 is 14.7 Å². The summed E-state index contributed by atoms with van der Waals surface area (Å²) in [7, 11) is 0.